The van der Waals surface area contributed by atoms with Gasteiger partial charge >= 0.3 is 0 Å². The van der Waals surface area contributed by atoms with Gasteiger partial charge in [-0.15, -0.1) is 0 Å². The maximum atomic E-state index is 5.53. The molecule has 0 saturated carbocycles. The van der Waals surface area contributed by atoms with E-state index in [1.165, 1.54) is 43.8 Å². The van der Waals surface area contributed by atoms with Crippen molar-refractivity contribution in [3.8, 4) is 67.8 Å². The Morgan fingerprint density at radius 3 is 1.10 bits per heavy atom. The van der Waals surface area contributed by atoms with Crippen LogP contribution in [0.3, 0.4) is 0 Å². The molecule has 0 fully saturated rings. The Morgan fingerprint density at radius 2 is 0.603 bits per heavy atom. The fraction of sp³-hybridized carbons (Fsp3) is 0. The maximum absolute atomic E-state index is 5.53. The Bertz CT molecular complexity index is 4900. The monoisotopic (exact) mass is 991 g/mol. The number of hydrogen-bond donors (Lipinski definition) is 0. The van der Waals surface area contributed by atoms with Crippen LogP contribution in [0.2, 0.25) is 0 Å². The number of hydrogen-bond acceptors (Lipinski definition) is 3. The molecule has 0 aliphatic rings. The molecular formula is C73H45N5. The molecule has 0 bridgehead atoms. The summed E-state index contributed by atoms with van der Waals surface area (Å²) in [6.07, 6.45) is 0. The third kappa shape index (κ3) is 6.99. The van der Waals surface area contributed by atoms with Crippen molar-refractivity contribution >= 4 is 86.7 Å². The Labute approximate surface area is 449 Å². The molecule has 0 N–H and O–H groups in total. The molecule has 3 heterocycles. The first-order chi connectivity index (χ1) is 38.7. The number of aromatic nitrogens is 5. The first kappa shape index (κ1) is 43.9. The fourth-order valence-corrected chi connectivity index (χ4v) is 12.3. The highest BCUT2D eigenvalue weighted by molar-refractivity contribution is 6.16. The van der Waals surface area contributed by atoms with Crippen LogP contribution in [0.25, 0.3) is 154 Å². The van der Waals surface area contributed by atoms with Gasteiger partial charge in [0.15, 0.2) is 11.6 Å². The largest absolute Gasteiger partial charge is 0.309 e. The number of fused-ring (bicyclic) bond motifs is 12. The Hall–Kier alpha value is -10.5. The highest BCUT2D eigenvalue weighted by Crippen LogP contribution is 2.42. The molecule has 0 radical (unpaired) electrons. The molecule has 13 aromatic carbocycles. The summed E-state index contributed by atoms with van der Waals surface area (Å²) in [5.74, 6) is 1.80. The first-order valence-electron chi connectivity index (χ1n) is 26.6. The summed E-state index contributed by atoms with van der Waals surface area (Å²) >= 11 is 0. The van der Waals surface area contributed by atoms with Gasteiger partial charge in [0.2, 0.25) is 5.95 Å². The van der Waals surface area contributed by atoms with E-state index in [-0.39, 0.29) is 0 Å². The van der Waals surface area contributed by atoms with Gasteiger partial charge < -0.3 is 4.57 Å². The molecule has 0 saturated heterocycles. The molecule has 16 rings (SSSR count). The van der Waals surface area contributed by atoms with Gasteiger partial charge in [-0.2, -0.15) is 9.97 Å². The predicted molar refractivity (Wildman–Crippen MR) is 326 cm³/mol. The summed E-state index contributed by atoms with van der Waals surface area (Å²) in [6, 6.07) is 98.5. The molecule has 16 aromatic rings. The fourth-order valence-electron chi connectivity index (χ4n) is 12.3. The van der Waals surface area contributed by atoms with Gasteiger partial charge in [-0.25, -0.2) is 4.98 Å². The van der Waals surface area contributed by atoms with Gasteiger partial charge in [0, 0.05) is 38.4 Å². The zero-order chi connectivity index (χ0) is 51.3. The average molecular weight is 992 g/mol. The molecule has 0 unspecified atom stereocenters. The molecular weight excluding hydrogens is 947 g/mol. The molecule has 362 valence electrons. The molecule has 78 heavy (non-hydrogen) atoms. The minimum Gasteiger partial charge on any atom is -0.309 e. The average Bonchev–Trinajstić information content (AvgIpc) is 4.15. The summed E-state index contributed by atoms with van der Waals surface area (Å²) in [5, 5.41) is 13.8. The van der Waals surface area contributed by atoms with Crippen LogP contribution in [0.5, 0.6) is 0 Å². The Morgan fingerprint density at radius 1 is 0.218 bits per heavy atom. The molecule has 0 atom stereocenters. The van der Waals surface area contributed by atoms with E-state index in [0.29, 0.717) is 17.6 Å². The van der Waals surface area contributed by atoms with Crippen molar-refractivity contribution in [1.82, 2.24) is 24.1 Å². The summed E-state index contributed by atoms with van der Waals surface area (Å²) in [6.45, 7) is 0. The second-order valence-corrected chi connectivity index (χ2v) is 20.3. The van der Waals surface area contributed by atoms with Crippen molar-refractivity contribution in [2.75, 3.05) is 0 Å². The molecule has 0 spiro atoms. The Balaban J connectivity index is 0.893. The van der Waals surface area contributed by atoms with Crippen molar-refractivity contribution < 1.29 is 0 Å². The lowest BCUT2D eigenvalue weighted by Crippen LogP contribution is -2.07. The standard InChI is InChI=1S/C73H45N5/c1-3-19-46(20-4-1)52-39-53(47-21-5-2-6-22-47)41-54(40-52)77-67-33-17-15-31-61(67)63-42-48(35-37-69(63)77)49-36-38-70-64(43-49)62-32-16-18-34-68(62)78(70)73-75-71(65-44-50-23-7-9-25-55(50)57-27-11-13-29-59(57)65)74-72(76-73)66-45-51-24-8-10-26-56(51)58-28-12-14-30-60(58)66/h1-45H. The van der Waals surface area contributed by atoms with E-state index in [1.807, 2.05) is 0 Å². The van der Waals surface area contributed by atoms with E-state index in [1.54, 1.807) is 0 Å². The molecule has 3 aromatic heterocycles. The smallest absolute Gasteiger partial charge is 0.238 e. The van der Waals surface area contributed by atoms with Gasteiger partial charge in [0.05, 0.1) is 22.1 Å². The lowest BCUT2D eigenvalue weighted by molar-refractivity contribution is 0.955. The van der Waals surface area contributed by atoms with Crippen molar-refractivity contribution in [1.29, 1.82) is 0 Å². The minimum atomic E-state index is 0.560. The number of rotatable bonds is 7. The molecule has 5 nitrogen and oxygen atoms in total. The van der Waals surface area contributed by atoms with E-state index in [2.05, 4.69) is 282 Å². The third-order valence-corrected chi connectivity index (χ3v) is 15.9. The minimum absolute atomic E-state index is 0.560. The van der Waals surface area contributed by atoms with Crippen LogP contribution in [-0.4, -0.2) is 24.1 Å². The van der Waals surface area contributed by atoms with E-state index in [4.69, 9.17) is 15.0 Å². The van der Waals surface area contributed by atoms with Crippen molar-refractivity contribution in [2.45, 2.75) is 0 Å². The molecule has 0 aliphatic carbocycles. The van der Waals surface area contributed by atoms with Crippen molar-refractivity contribution in [3.05, 3.63) is 273 Å². The van der Waals surface area contributed by atoms with Crippen LogP contribution >= 0.6 is 0 Å². The topological polar surface area (TPSA) is 48.5 Å². The third-order valence-electron chi connectivity index (χ3n) is 15.9. The second-order valence-electron chi connectivity index (χ2n) is 20.3. The molecule has 0 aliphatic heterocycles. The number of benzene rings is 13. The number of nitrogens with zero attached hydrogens (tertiary/aromatic N) is 5. The quantitative estimate of drug-likeness (QED) is 0.150. The lowest BCUT2D eigenvalue weighted by atomic mass is 9.96. The highest BCUT2D eigenvalue weighted by atomic mass is 15.2. The van der Waals surface area contributed by atoms with Crippen LogP contribution in [-0.2, 0) is 0 Å². The van der Waals surface area contributed by atoms with E-state index in [9.17, 15) is 0 Å². The summed E-state index contributed by atoms with van der Waals surface area (Å²) in [7, 11) is 0. The van der Waals surface area contributed by atoms with Crippen LogP contribution < -0.4 is 0 Å². The maximum Gasteiger partial charge on any atom is 0.238 e. The van der Waals surface area contributed by atoms with Crippen LogP contribution in [0.1, 0.15) is 0 Å². The summed E-state index contributed by atoms with van der Waals surface area (Å²) in [4.78, 5) is 16.5. The van der Waals surface area contributed by atoms with E-state index >= 15 is 0 Å². The van der Waals surface area contributed by atoms with Gasteiger partial charge in [0.25, 0.3) is 0 Å². The van der Waals surface area contributed by atoms with Gasteiger partial charge in [-0.05, 0) is 143 Å². The SMILES string of the molecule is c1ccc(-c2cc(-c3ccccc3)cc(-n3c4ccccc4c4cc(-c5ccc6c(c5)c5ccccc5n6-c5nc(-c6cc7ccccc7c7ccccc67)nc(-c6cc7ccccc7c7ccccc67)n5)ccc43)c2)cc1. The zero-order valence-electron chi connectivity index (χ0n) is 42.2. The van der Waals surface area contributed by atoms with Crippen LogP contribution in [0, 0.1) is 0 Å². The second kappa shape index (κ2) is 17.6. The highest BCUT2D eigenvalue weighted by Gasteiger charge is 2.22. The van der Waals surface area contributed by atoms with Crippen molar-refractivity contribution in [2.24, 2.45) is 0 Å². The van der Waals surface area contributed by atoms with Gasteiger partial charge in [-0.1, -0.05) is 206 Å². The van der Waals surface area contributed by atoms with Gasteiger partial charge in [-0.3, -0.25) is 4.57 Å². The normalized spacial score (nSPS) is 11.8. The molecule has 5 heteroatoms. The van der Waals surface area contributed by atoms with Gasteiger partial charge in [0.1, 0.15) is 0 Å². The first-order valence-corrected chi connectivity index (χ1v) is 26.6. The zero-order valence-corrected chi connectivity index (χ0v) is 42.2. The van der Waals surface area contributed by atoms with Crippen LogP contribution in [0.15, 0.2) is 273 Å². The summed E-state index contributed by atoms with van der Waals surface area (Å²) < 4.78 is 4.67. The Kier molecular flexibility index (Phi) is 9.87. The lowest BCUT2D eigenvalue weighted by Gasteiger charge is -2.15. The summed E-state index contributed by atoms with van der Waals surface area (Å²) in [5.41, 5.74) is 14.4. The van der Waals surface area contributed by atoms with E-state index < -0.39 is 0 Å². The molecule has 0 amide bonds. The van der Waals surface area contributed by atoms with Crippen LogP contribution in [0.4, 0.5) is 0 Å². The van der Waals surface area contributed by atoms with E-state index in [0.717, 1.165) is 93.1 Å². The predicted octanol–water partition coefficient (Wildman–Crippen LogP) is 19.0. The number of para-hydroxylation sites is 2. The van der Waals surface area contributed by atoms with Crippen molar-refractivity contribution in [3.63, 3.8) is 0 Å².